The number of pyridine rings is 1. The Balaban J connectivity index is 2.74. The van der Waals surface area contributed by atoms with E-state index in [9.17, 15) is 0 Å². The van der Waals surface area contributed by atoms with Crippen molar-refractivity contribution in [2.45, 2.75) is 19.4 Å². The van der Waals surface area contributed by atoms with Gasteiger partial charge in [0.25, 0.3) is 0 Å². The number of nitrogens with one attached hydrogen (secondary N) is 1. The third kappa shape index (κ3) is 2.02. The third-order valence-electron chi connectivity index (χ3n) is 1.80. The largest absolute Gasteiger partial charge is 0.312 e. The second-order valence-electron chi connectivity index (χ2n) is 2.50. The minimum atomic E-state index is 0.399. The van der Waals surface area contributed by atoms with Gasteiger partial charge in [-0.25, -0.2) is 0 Å². The van der Waals surface area contributed by atoms with Crippen LogP contribution in [0.1, 0.15) is 25.1 Å². The van der Waals surface area contributed by atoms with Gasteiger partial charge in [0, 0.05) is 12.2 Å². The van der Waals surface area contributed by atoms with Gasteiger partial charge in [0.15, 0.2) is 0 Å². The van der Waals surface area contributed by atoms with Crippen LogP contribution in [-0.2, 0) is 0 Å². The van der Waals surface area contributed by atoms with Crippen LogP contribution in [0, 0.1) is 0 Å². The molecule has 0 fully saturated rings. The zero-order valence-electron chi connectivity index (χ0n) is 7.04. The van der Waals surface area contributed by atoms with E-state index in [1.165, 1.54) is 0 Å². The van der Waals surface area contributed by atoms with Gasteiger partial charge in [0.2, 0.25) is 0 Å². The Labute approximate surface area is 67.7 Å². The summed E-state index contributed by atoms with van der Waals surface area (Å²) in [6.45, 7) is 2.15. The van der Waals surface area contributed by atoms with Gasteiger partial charge in [-0.3, -0.25) is 4.98 Å². The van der Waals surface area contributed by atoms with Crippen molar-refractivity contribution in [3.05, 3.63) is 30.1 Å². The zero-order valence-corrected chi connectivity index (χ0v) is 7.04. The average molecular weight is 150 g/mol. The first-order chi connectivity index (χ1) is 5.38. The molecule has 0 radical (unpaired) electrons. The van der Waals surface area contributed by atoms with E-state index in [4.69, 9.17) is 0 Å². The predicted molar refractivity (Wildman–Crippen MR) is 46.3 cm³/mol. The van der Waals surface area contributed by atoms with Crippen LogP contribution in [0.15, 0.2) is 24.4 Å². The van der Waals surface area contributed by atoms with E-state index in [0.29, 0.717) is 6.04 Å². The summed E-state index contributed by atoms with van der Waals surface area (Å²) in [6, 6.07) is 6.40. The zero-order chi connectivity index (χ0) is 8.10. The van der Waals surface area contributed by atoms with E-state index in [0.717, 1.165) is 12.1 Å². The van der Waals surface area contributed by atoms with Gasteiger partial charge in [-0.15, -0.1) is 0 Å². The lowest BCUT2D eigenvalue weighted by atomic mass is 10.1. The Morgan fingerprint density at radius 3 is 2.82 bits per heavy atom. The fraction of sp³-hybridized carbons (Fsp3) is 0.444. The summed E-state index contributed by atoms with van der Waals surface area (Å²) in [7, 11) is 1.96. The predicted octanol–water partition coefficient (Wildman–Crippen LogP) is 1.75. The van der Waals surface area contributed by atoms with Crippen molar-refractivity contribution >= 4 is 0 Å². The molecule has 0 bridgehead atoms. The lowest BCUT2D eigenvalue weighted by Gasteiger charge is -2.11. The van der Waals surface area contributed by atoms with Crippen molar-refractivity contribution in [3.8, 4) is 0 Å². The van der Waals surface area contributed by atoms with Gasteiger partial charge in [-0.05, 0) is 25.6 Å². The van der Waals surface area contributed by atoms with Crippen molar-refractivity contribution in [1.82, 2.24) is 10.3 Å². The molecule has 0 aromatic carbocycles. The number of hydrogen-bond donors (Lipinski definition) is 1. The fourth-order valence-electron chi connectivity index (χ4n) is 1.14. The van der Waals surface area contributed by atoms with Crippen LogP contribution in [-0.4, -0.2) is 12.0 Å². The van der Waals surface area contributed by atoms with Gasteiger partial charge in [-0.2, -0.15) is 0 Å². The maximum atomic E-state index is 4.26. The van der Waals surface area contributed by atoms with E-state index in [1.807, 2.05) is 31.4 Å². The Kier molecular flexibility index (Phi) is 3.05. The minimum absolute atomic E-state index is 0.399. The number of aromatic nitrogens is 1. The molecule has 2 nitrogen and oxygen atoms in total. The van der Waals surface area contributed by atoms with E-state index in [2.05, 4.69) is 17.2 Å². The van der Waals surface area contributed by atoms with Gasteiger partial charge in [-0.1, -0.05) is 13.0 Å². The Bertz CT molecular complexity index is 192. The normalized spacial score (nSPS) is 12.9. The molecule has 0 saturated heterocycles. The molecule has 1 N–H and O–H groups in total. The summed E-state index contributed by atoms with van der Waals surface area (Å²) in [4.78, 5) is 4.26. The average Bonchev–Trinajstić information content (AvgIpc) is 2.09. The third-order valence-corrected chi connectivity index (χ3v) is 1.80. The molecule has 0 saturated carbocycles. The molecular formula is C9H14N2. The second kappa shape index (κ2) is 4.09. The van der Waals surface area contributed by atoms with E-state index in [1.54, 1.807) is 0 Å². The number of rotatable bonds is 3. The van der Waals surface area contributed by atoms with E-state index < -0.39 is 0 Å². The maximum Gasteiger partial charge on any atom is 0.0572 e. The molecule has 0 aliphatic carbocycles. The summed E-state index contributed by atoms with van der Waals surface area (Å²) < 4.78 is 0. The smallest absolute Gasteiger partial charge is 0.0572 e. The molecule has 1 aromatic heterocycles. The summed E-state index contributed by atoms with van der Waals surface area (Å²) in [5, 5.41) is 3.21. The SMILES string of the molecule is CC[C@H](NC)c1ccccn1. The van der Waals surface area contributed by atoms with Crippen LogP contribution >= 0.6 is 0 Å². The molecule has 0 spiro atoms. The lowest BCUT2D eigenvalue weighted by molar-refractivity contribution is 0.561. The number of nitrogens with zero attached hydrogens (tertiary/aromatic N) is 1. The molecule has 1 rings (SSSR count). The van der Waals surface area contributed by atoms with Gasteiger partial charge in [0.1, 0.15) is 0 Å². The van der Waals surface area contributed by atoms with Crippen LogP contribution in [0.25, 0.3) is 0 Å². The van der Waals surface area contributed by atoms with Crippen LogP contribution in [0.2, 0.25) is 0 Å². The molecule has 1 heterocycles. The van der Waals surface area contributed by atoms with Crippen LogP contribution in [0.4, 0.5) is 0 Å². The van der Waals surface area contributed by atoms with Crippen molar-refractivity contribution in [1.29, 1.82) is 0 Å². The number of hydrogen-bond acceptors (Lipinski definition) is 2. The van der Waals surface area contributed by atoms with Crippen molar-refractivity contribution in [2.24, 2.45) is 0 Å². The van der Waals surface area contributed by atoms with Gasteiger partial charge >= 0.3 is 0 Å². The Hall–Kier alpha value is -0.890. The van der Waals surface area contributed by atoms with Gasteiger partial charge < -0.3 is 5.32 Å². The molecule has 1 atom stereocenters. The molecule has 60 valence electrons. The fourth-order valence-corrected chi connectivity index (χ4v) is 1.14. The topological polar surface area (TPSA) is 24.9 Å². The highest BCUT2D eigenvalue weighted by atomic mass is 14.9. The minimum Gasteiger partial charge on any atom is -0.312 e. The molecule has 0 unspecified atom stereocenters. The maximum absolute atomic E-state index is 4.26. The molecule has 0 aliphatic rings. The standard InChI is InChI=1S/C9H14N2/c1-3-8(10-2)9-6-4-5-7-11-9/h4-8,10H,3H2,1-2H3/t8-/m0/s1. The van der Waals surface area contributed by atoms with E-state index >= 15 is 0 Å². The highest BCUT2D eigenvalue weighted by Crippen LogP contribution is 2.11. The second-order valence-corrected chi connectivity index (χ2v) is 2.50. The van der Waals surface area contributed by atoms with E-state index in [-0.39, 0.29) is 0 Å². The van der Waals surface area contributed by atoms with Crippen LogP contribution in [0.5, 0.6) is 0 Å². The Morgan fingerprint density at radius 2 is 2.36 bits per heavy atom. The highest BCUT2D eigenvalue weighted by molar-refractivity contribution is 5.07. The summed E-state index contributed by atoms with van der Waals surface area (Å²) >= 11 is 0. The molecule has 2 heteroatoms. The van der Waals surface area contributed by atoms with Crippen molar-refractivity contribution in [3.63, 3.8) is 0 Å². The molecule has 0 aliphatic heterocycles. The summed E-state index contributed by atoms with van der Waals surface area (Å²) in [6.07, 6.45) is 2.91. The lowest BCUT2D eigenvalue weighted by Crippen LogP contribution is -2.16. The first-order valence-corrected chi connectivity index (χ1v) is 3.96. The molecule has 11 heavy (non-hydrogen) atoms. The van der Waals surface area contributed by atoms with Crippen molar-refractivity contribution in [2.75, 3.05) is 7.05 Å². The van der Waals surface area contributed by atoms with Crippen molar-refractivity contribution < 1.29 is 0 Å². The first-order valence-electron chi connectivity index (χ1n) is 3.96. The van der Waals surface area contributed by atoms with Crippen LogP contribution in [0.3, 0.4) is 0 Å². The molecular weight excluding hydrogens is 136 g/mol. The quantitative estimate of drug-likeness (QED) is 0.710. The summed E-state index contributed by atoms with van der Waals surface area (Å²) in [5.74, 6) is 0. The molecule has 0 amide bonds. The van der Waals surface area contributed by atoms with Crippen LogP contribution < -0.4 is 5.32 Å². The summed E-state index contributed by atoms with van der Waals surface area (Å²) in [5.41, 5.74) is 1.12. The Morgan fingerprint density at radius 1 is 1.55 bits per heavy atom. The molecule has 1 aromatic rings. The van der Waals surface area contributed by atoms with Gasteiger partial charge in [0.05, 0.1) is 5.69 Å². The first kappa shape index (κ1) is 8.21. The monoisotopic (exact) mass is 150 g/mol. The highest BCUT2D eigenvalue weighted by Gasteiger charge is 2.05.